The third-order valence-corrected chi connectivity index (χ3v) is 5.96. The van der Waals surface area contributed by atoms with Gasteiger partial charge >= 0.3 is 0 Å². The maximum Gasteiger partial charge on any atom is 0.280 e. The molecule has 1 amide bonds. The molecule has 0 radical (unpaired) electrons. The normalized spacial score (nSPS) is 14.2. The summed E-state index contributed by atoms with van der Waals surface area (Å²) in [6.07, 6.45) is 13.1. The first-order valence-electron chi connectivity index (χ1n) is 11.7. The van der Waals surface area contributed by atoms with E-state index in [2.05, 4.69) is 11.8 Å². The Labute approximate surface area is 185 Å². The molecule has 0 heterocycles. The van der Waals surface area contributed by atoms with Gasteiger partial charge in [-0.1, -0.05) is 45.4 Å². The second-order valence-corrected chi connectivity index (χ2v) is 8.34. The second-order valence-electron chi connectivity index (χ2n) is 8.34. The summed E-state index contributed by atoms with van der Waals surface area (Å²) in [4.78, 5) is 36.4. The van der Waals surface area contributed by atoms with Crippen molar-refractivity contribution in [1.29, 1.82) is 0 Å². The van der Waals surface area contributed by atoms with E-state index in [4.69, 9.17) is 4.74 Å². The van der Waals surface area contributed by atoms with E-state index in [1.54, 1.807) is 0 Å². The summed E-state index contributed by atoms with van der Waals surface area (Å²) < 4.78 is 5.63. The number of hydrogen-bond acceptors (Lipinski definition) is 5. The van der Waals surface area contributed by atoms with E-state index in [0.29, 0.717) is 37.5 Å². The average molecular weight is 433 g/mol. The number of nitro benzene ring substituents is 1. The van der Waals surface area contributed by atoms with Crippen LogP contribution < -0.4 is 4.74 Å². The highest BCUT2D eigenvalue weighted by Gasteiger charge is 2.24. The van der Waals surface area contributed by atoms with Crippen molar-refractivity contribution in [3.63, 3.8) is 0 Å². The summed E-state index contributed by atoms with van der Waals surface area (Å²) in [7, 11) is 0. The van der Waals surface area contributed by atoms with Crippen molar-refractivity contribution in [3.05, 3.63) is 33.9 Å². The van der Waals surface area contributed by atoms with Crippen molar-refractivity contribution in [3.8, 4) is 5.75 Å². The maximum atomic E-state index is 12.9. The van der Waals surface area contributed by atoms with E-state index in [9.17, 15) is 19.7 Å². The first-order chi connectivity index (χ1) is 15.1. The van der Waals surface area contributed by atoms with E-state index >= 15 is 0 Å². The quantitative estimate of drug-likeness (QED) is 0.163. The third kappa shape index (κ3) is 8.31. The number of ether oxygens (including phenoxy) is 1. The number of carbonyl (C=O) groups excluding carboxylic acids is 2. The largest absolute Gasteiger partial charge is 0.494 e. The zero-order chi connectivity index (χ0) is 22.5. The number of amides is 1. The molecule has 0 aliphatic heterocycles. The van der Waals surface area contributed by atoms with Crippen LogP contribution in [0.4, 0.5) is 5.69 Å². The highest BCUT2D eigenvalue weighted by Crippen LogP contribution is 2.25. The lowest BCUT2D eigenvalue weighted by atomic mass is 9.93. The van der Waals surface area contributed by atoms with Crippen LogP contribution in [-0.4, -0.2) is 41.2 Å². The molecule has 172 valence electrons. The van der Waals surface area contributed by atoms with Crippen molar-refractivity contribution < 1.29 is 19.2 Å². The highest BCUT2D eigenvalue weighted by atomic mass is 16.6. The molecule has 0 N–H and O–H groups in total. The summed E-state index contributed by atoms with van der Waals surface area (Å²) in [5, 5.41) is 10.9. The number of benzene rings is 1. The van der Waals surface area contributed by atoms with E-state index in [-0.39, 0.29) is 17.2 Å². The first-order valence-corrected chi connectivity index (χ1v) is 11.7. The Morgan fingerprint density at radius 3 is 2.61 bits per heavy atom. The van der Waals surface area contributed by atoms with Crippen molar-refractivity contribution in [2.75, 3.05) is 13.2 Å². The van der Waals surface area contributed by atoms with Gasteiger partial charge in [0.1, 0.15) is 5.75 Å². The van der Waals surface area contributed by atoms with Gasteiger partial charge in [-0.15, -0.1) is 0 Å². The lowest BCUT2D eigenvalue weighted by Crippen LogP contribution is -2.42. The molecule has 1 fully saturated rings. The number of nitro groups is 1. The number of unbranched alkanes of at least 4 members (excludes halogenated alkanes) is 4. The molecule has 1 aromatic carbocycles. The van der Waals surface area contributed by atoms with Crippen LogP contribution in [-0.2, 0) is 4.79 Å². The van der Waals surface area contributed by atoms with Gasteiger partial charge in [-0.2, -0.15) is 0 Å². The Bertz CT molecular complexity index is 716. The van der Waals surface area contributed by atoms with E-state index in [0.717, 1.165) is 32.2 Å². The number of carbonyl (C=O) groups is 2. The molecule has 0 saturated heterocycles. The van der Waals surface area contributed by atoms with Crippen molar-refractivity contribution in [1.82, 2.24) is 4.90 Å². The summed E-state index contributed by atoms with van der Waals surface area (Å²) in [6, 6.07) is 4.57. The van der Waals surface area contributed by atoms with Crippen LogP contribution in [0.2, 0.25) is 0 Å². The minimum absolute atomic E-state index is 0.00359. The summed E-state index contributed by atoms with van der Waals surface area (Å²) >= 11 is 0. The van der Waals surface area contributed by atoms with E-state index in [1.165, 1.54) is 56.7 Å². The molecule has 0 spiro atoms. The summed E-state index contributed by atoms with van der Waals surface area (Å²) in [5.41, 5.74) is -0.224. The summed E-state index contributed by atoms with van der Waals surface area (Å²) in [6.45, 7) is 3.48. The second kappa shape index (κ2) is 13.8. The predicted octanol–water partition coefficient (Wildman–Crippen LogP) is 5.70. The van der Waals surface area contributed by atoms with Gasteiger partial charge in [0.15, 0.2) is 6.29 Å². The predicted molar refractivity (Wildman–Crippen MR) is 121 cm³/mol. The Hall–Kier alpha value is -2.44. The molecular formula is C24H36N2O5. The molecule has 0 bridgehead atoms. The van der Waals surface area contributed by atoms with Gasteiger partial charge in [0.2, 0.25) is 5.91 Å². The molecule has 0 aromatic heterocycles. The van der Waals surface area contributed by atoms with Gasteiger partial charge in [0.25, 0.3) is 5.69 Å². The van der Waals surface area contributed by atoms with Gasteiger partial charge in [-0.3, -0.25) is 19.7 Å². The lowest BCUT2D eigenvalue weighted by Gasteiger charge is -2.34. The minimum atomic E-state index is -0.584. The van der Waals surface area contributed by atoms with Crippen molar-refractivity contribution >= 4 is 17.9 Å². The zero-order valence-electron chi connectivity index (χ0n) is 18.7. The van der Waals surface area contributed by atoms with Crippen LogP contribution >= 0.6 is 0 Å². The van der Waals surface area contributed by atoms with Crippen LogP contribution in [0.25, 0.3) is 0 Å². The topological polar surface area (TPSA) is 89.8 Å². The lowest BCUT2D eigenvalue weighted by molar-refractivity contribution is -0.385. The molecule has 0 atom stereocenters. The Balaban J connectivity index is 1.77. The van der Waals surface area contributed by atoms with Gasteiger partial charge in [0, 0.05) is 25.1 Å². The number of hydrogen-bond donors (Lipinski definition) is 0. The number of nitrogens with zero attached hydrogens (tertiary/aromatic N) is 2. The fraction of sp³-hybridized carbons (Fsp3) is 0.667. The molecule has 0 unspecified atom stereocenters. The van der Waals surface area contributed by atoms with Gasteiger partial charge in [-0.25, -0.2) is 0 Å². The van der Waals surface area contributed by atoms with Crippen LogP contribution in [0.3, 0.4) is 0 Å². The Morgan fingerprint density at radius 1 is 1.16 bits per heavy atom. The van der Waals surface area contributed by atoms with E-state index < -0.39 is 4.92 Å². The van der Waals surface area contributed by atoms with Gasteiger partial charge in [-0.05, 0) is 44.2 Å². The number of aldehydes is 1. The van der Waals surface area contributed by atoms with Gasteiger partial charge in [0.05, 0.1) is 17.1 Å². The summed E-state index contributed by atoms with van der Waals surface area (Å²) in [5.74, 6) is 0.681. The Morgan fingerprint density at radius 2 is 1.94 bits per heavy atom. The van der Waals surface area contributed by atoms with Gasteiger partial charge < -0.3 is 9.64 Å². The fourth-order valence-corrected chi connectivity index (χ4v) is 4.21. The molecule has 1 aromatic rings. The standard InChI is InChI=1S/C24H36N2O5/c1-2-3-4-9-16-25(21-11-6-5-7-12-21)24(28)13-8-10-17-31-22-14-15-23(26(29)30)20(18-22)19-27/h14-15,18-19,21H,2-13,16-17H2,1H3. The molecule has 7 heteroatoms. The highest BCUT2D eigenvalue weighted by molar-refractivity contribution is 5.82. The van der Waals surface area contributed by atoms with Crippen LogP contribution in [0.1, 0.15) is 94.3 Å². The number of rotatable bonds is 14. The minimum Gasteiger partial charge on any atom is -0.494 e. The van der Waals surface area contributed by atoms with Crippen molar-refractivity contribution in [2.24, 2.45) is 0 Å². The van der Waals surface area contributed by atoms with E-state index in [1.807, 2.05) is 0 Å². The molecule has 2 rings (SSSR count). The Kier molecular flexibility index (Phi) is 11.0. The monoisotopic (exact) mass is 432 g/mol. The van der Waals surface area contributed by atoms with Crippen LogP contribution in [0, 0.1) is 10.1 Å². The maximum absolute atomic E-state index is 12.9. The smallest absolute Gasteiger partial charge is 0.280 e. The van der Waals surface area contributed by atoms with Crippen molar-refractivity contribution in [2.45, 2.75) is 90.0 Å². The fourth-order valence-electron chi connectivity index (χ4n) is 4.21. The molecule has 7 nitrogen and oxygen atoms in total. The molecular weight excluding hydrogens is 396 g/mol. The first kappa shape index (κ1) is 24.8. The molecule has 31 heavy (non-hydrogen) atoms. The van der Waals surface area contributed by atoms with Crippen LogP contribution in [0.15, 0.2) is 18.2 Å². The average Bonchev–Trinajstić information content (AvgIpc) is 2.79. The zero-order valence-corrected chi connectivity index (χ0v) is 18.7. The molecule has 1 aliphatic carbocycles. The molecule has 1 saturated carbocycles. The van der Waals surface area contributed by atoms with Crippen LogP contribution in [0.5, 0.6) is 5.75 Å². The third-order valence-electron chi connectivity index (χ3n) is 5.96. The molecule has 1 aliphatic rings. The SMILES string of the molecule is CCCCCCN(C(=O)CCCCOc1ccc([N+](=O)[O-])c(C=O)c1)C1CCCCC1.